The van der Waals surface area contributed by atoms with Crippen LogP contribution in [0, 0.1) is 5.82 Å². The largest absolute Gasteiger partial charge is 0.457 e. The smallest absolute Gasteiger partial charge is 0.298 e. The lowest BCUT2D eigenvalue weighted by atomic mass is 10.2. The van der Waals surface area contributed by atoms with E-state index in [1.807, 2.05) is 6.07 Å². The summed E-state index contributed by atoms with van der Waals surface area (Å²) in [6, 6.07) is 18.1. The molecule has 4 rings (SSSR count). The molecule has 0 radical (unpaired) electrons. The fraction of sp³-hybridized carbons (Fsp3) is 0. The van der Waals surface area contributed by atoms with E-state index in [0.29, 0.717) is 22.1 Å². The average molecular weight is 365 g/mol. The molecule has 26 heavy (non-hydrogen) atoms. The Kier molecular flexibility index (Phi) is 4.18. The van der Waals surface area contributed by atoms with Crippen LogP contribution in [-0.4, -0.2) is 11.1 Å². The van der Waals surface area contributed by atoms with E-state index in [4.69, 9.17) is 4.42 Å². The summed E-state index contributed by atoms with van der Waals surface area (Å²) in [6.07, 6.45) is 1.54. The molecule has 0 atom stereocenters. The molecule has 1 saturated heterocycles. The van der Waals surface area contributed by atoms with Gasteiger partial charge in [-0.3, -0.25) is 9.59 Å². The van der Waals surface area contributed by atoms with Crippen molar-refractivity contribution in [2.45, 2.75) is 0 Å². The number of benzene rings is 2. The number of furan rings is 1. The molecule has 0 unspecified atom stereocenters. The lowest BCUT2D eigenvalue weighted by Crippen LogP contribution is -2.27. The molecule has 0 bridgehead atoms. The number of halogens is 1. The van der Waals surface area contributed by atoms with Crippen LogP contribution in [0.1, 0.15) is 5.76 Å². The third-order valence-corrected chi connectivity index (χ3v) is 4.71. The molecular weight excluding hydrogens is 353 g/mol. The molecular formula is C20H12FNO3S. The Morgan fingerprint density at radius 3 is 2.38 bits per heavy atom. The number of nitrogens with zero attached hydrogens (tertiary/aromatic N) is 1. The Hall–Kier alpha value is -3.12. The minimum Gasteiger partial charge on any atom is -0.457 e. The molecule has 2 aromatic carbocycles. The van der Waals surface area contributed by atoms with Crippen molar-refractivity contribution in [2.24, 2.45) is 0 Å². The zero-order valence-corrected chi connectivity index (χ0v) is 14.2. The van der Waals surface area contributed by atoms with Gasteiger partial charge in [-0.15, -0.1) is 0 Å². The fourth-order valence-electron chi connectivity index (χ4n) is 2.60. The lowest BCUT2D eigenvalue weighted by Gasteiger charge is -2.11. The molecule has 3 aromatic rings. The van der Waals surface area contributed by atoms with Crippen LogP contribution in [0.25, 0.3) is 17.4 Å². The van der Waals surface area contributed by atoms with Crippen molar-refractivity contribution >= 4 is 34.7 Å². The molecule has 6 heteroatoms. The minimum absolute atomic E-state index is 0.291. The second kappa shape index (κ2) is 6.65. The van der Waals surface area contributed by atoms with E-state index in [-0.39, 0.29) is 17.0 Å². The molecule has 1 fully saturated rings. The summed E-state index contributed by atoms with van der Waals surface area (Å²) in [5.41, 5.74) is 1.26. The highest BCUT2D eigenvalue weighted by molar-refractivity contribution is 8.19. The molecule has 0 N–H and O–H groups in total. The number of imide groups is 1. The van der Waals surface area contributed by atoms with Crippen LogP contribution >= 0.6 is 11.8 Å². The molecule has 0 spiro atoms. The van der Waals surface area contributed by atoms with E-state index in [2.05, 4.69) is 0 Å². The van der Waals surface area contributed by atoms with Crippen molar-refractivity contribution in [3.63, 3.8) is 0 Å². The van der Waals surface area contributed by atoms with Gasteiger partial charge >= 0.3 is 0 Å². The molecule has 1 aliphatic rings. The van der Waals surface area contributed by atoms with Gasteiger partial charge in [-0.05, 0) is 60.3 Å². The maximum absolute atomic E-state index is 13.0. The Balaban J connectivity index is 1.60. The van der Waals surface area contributed by atoms with Gasteiger partial charge in [0.25, 0.3) is 11.1 Å². The standard InChI is InChI=1S/C20H12FNO3S/c21-14-8-6-13(7-9-14)17-11-10-16(25-17)12-18-19(23)22(20(24)26-18)15-4-2-1-3-5-15/h1-12H. The zero-order valence-electron chi connectivity index (χ0n) is 13.4. The minimum atomic E-state index is -0.383. The van der Waals surface area contributed by atoms with E-state index >= 15 is 0 Å². The van der Waals surface area contributed by atoms with Crippen LogP contribution in [0.15, 0.2) is 76.1 Å². The van der Waals surface area contributed by atoms with Gasteiger partial charge in [0.1, 0.15) is 17.3 Å². The van der Waals surface area contributed by atoms with Crippen LogP contribution in [0.5, 0.6) is 0 Å². The van der Waals surface area contributed by atoms with Crippen LogP contribution in [-0.2, 0) is 4.79 Å². The van der Waals surface area contributed by atoms with Crippen molar-refractivity contribution in [2.75, 3.05) is 4.90 Å². The van der Waals surface area contributed by atoms with Crippen LogP contribution in [0.2, 0.25) is 0 Å². The fourth-order valence-corrected chi connectivity index (χ4v) is 3.42. The van der Waals surface area contributed by atoms with Crippen molar-refractivity contribution < 1.29 is 18.4 Å². The first-order chi connectivity index (χ1) is 12.6. The van der Waals surface area contributed by atoms with Gasteiger partial charge in [-0.2, -0.15) is 0 Å². The number of carbonyl (C=O) groups is 2. The highest BCUT2D eigenvalue weighted by Crippen LogP contribution is 2.36. The number of amides is 2. The van der Waals surface area contributed by atoms with Crippen LogP contribution in [0.3, 0.4) is 0 Å². The number of carbonyl (C=O) groups excluding carboxylic acids is 2. The first-order valence-electron chi connectivity index (χ1n) is 7.80. The summed E-state index contributed by atoms with van der Waals surface area (Å²) in [5.74, 6) is 0.294. The van der Waals surface area contributed by atoms with E-state index in [0.717, 1.165) is 22.2 Å². The predicted molar refractivity (Wildman–Crippen MR) is 99.0 cm³/mol. The highest BCUT2D eigenvalue weighted by atomic mass is 32.2. The number of hydrogen-bond donors (Lipinski definition) is 0. The van der Waals surface area contributed by atoms with E-state index in [1.54, 1.807) is 54.6 Å². The maximum atomic E-state index is 13.0. The normalized spacial score (nSPS) is 15.9. The second-order valence-electron chi connectivity index (χ2n) is 5.56. The number of hydrogen-bond acceptors (Lipinski definition) is 4. The third kappa shape index (κ3) is 3.07. The number of rotatable bonds is 3. The van der Waals surface area contributed by atoms with Crippen molar-refractivity contribution in [3.8, 4) is 11.3 Å². The molecule has 4 nitrogen and oxygen atoms in total. The van der Waals surface area contributed by atoms with Gasteiger partial charge in [0.15, 0.2) is 0 Å². The van der Waals surface area contributed by atoms with Gasteiger partial charge in [0.2, 0.25) is 0 Å². The molecule has 2 amide bonds. The first-order valence-corrected chi connectivity index (χ1v) is 8.62. The summed E-state index contributed by atoms with van der Waals surface area (Å²) < 4.78 is 18.7. The molecule has 1 aliphatic heterocycles. The summed E-state index contributed by atoms with van der Waals surface area (Å²) in [4.78, 5) is 26.2. The number of para-hydroxylation sites is 1. The first kappa shape index (κ1) is 16.4. The summed E-state index contributed by atoms with van der Waals surface area (Å²) in [6.45, 7) is 0. The molecule has 128 valence electrons. The molecule has 0 saturated carbocycles. The SMILES string of the molecule is O=C1SC(=Cc2ccc(-c3ccc(F)cc3)o2)C(=O)N1c1ccccc1. The number of thioether (sulfide) groups is 1. The lowest BCUT2D eigenvalue weighted by molar-refractivity contribution is -0.113. The Morgan fingerprint density at radius 1 is 0.923 bits per heavy atom. The van der Waals surface area contributed by atoms with Crippen molar-refractivity contribution in [3.05, 3.63) is 83.2 Å². The van der Waals surface area contributed by atoms with Gasteiger partial charge < -0.3 is 4.42 Å². The molecule has 2 heterocycles. The zero-order chi connectivity index (χ0) is 18.1. The average Bonchev–Trinajstić information content (AvgIpc) is 3.21. The Morgan fingerprint density at radius 2 is 1.65 bits per heavy atom. The van der Waals surface area contributed by atoms with Gasteiger partial charge in [-0.1, -0.05) is 18.2 Å². The molecule has 1 aromatic heterocycles. The summed E-state index contributed by atoms with van der Waals surface area (Å²) in [7, 11) is 0. The van der Waals surface area contributed by atoms with E-state index < -0.39 is 0 Å². The Labute approximate surface area is 152 Å². The maximum Gasteiger partial charge on any atom is 0.298 e. The van der Waals surface area contributed by atoms with Gasteiger partial charge in [0, 0.05) is 11.6 Å². The van der Waals surface area contributed by atoms with Crippen LogP contribution < -0.4 is 4.90 Å². The van der Waals surface area contributed by atoms with E-state index in [1.165, 1.54) is 12.1 Å². The topological polar surface area (TPSA) is 50.5 Å². The second-order valence-corrected chi connectivity index (χ2v) is 6.55. The summed E-state index contributed by atoms with van der Waals surface area (Å²) >= 11 is 0.867. The quantitative estimate of drug-likeness (QED) is 0.589. The summed E-state index contributed by atoms with van der Waals surface area (Å²) in [5, 5.41) is -0.349. The highest BCUT2D eigenvalue weighted by Gasteiger charge is 2.36. The number of anilines is 1. The van der Waals surface area contributed by atoms with E-state index in [9.17, 15) is 14.0 Å². The van der Waals surface area contributed by atoms with Gasteiger partial charge in [-0.25, -0.2) is 9.29 Å². The van der Waals surface area contributed by atoms with Gasteiger partial charge in [0.05, 0.1) is 10.6 Å². The third-order valence-electron chi connectivity index (χ3n) is 3.84. The Bertz CT molecular complexity index is 1010. The predicted octanol–water partition coefficient (Wildman–Crippen LogP) is 5.33. The van der Waals surface area contributed by atoms with Crippen molar-refractivity contribution in [1.29, 1.82) is 0 Å². The molecule has 0 aliphatic carbocycles. The van der Waals surface area contributed by atoms with Crippen molar-refractivity contribution in [1.82, 2.24) is 0 Å². The van der Waals surface area contributed by atoms with Crippen LogP contribution in [0.4, 0.5) is 14.9 Å². The monoisotopic (exact) mass is 365 g/mol.